The van der Waals surface area contributed by atoms with E-state index in [2.05, 4.69) is 176 Å². The van der Waals surface area contributed by atoms with Gasteiger partial charge in [-0.1, -0.05) is 176 Å². The monoisotopic (exact) mass is 727 g/mol. The molecule has 2 heterocycles. The van der Waals surface area contributed by atoms with Gasteiger partial charge in [0.15, 0.2) is 17.5 Å². The Bertz CT molecular complexity index is 3260. The maximum atomic E-state index is 6.73. The third-order valence-electron chi connectivity index (χ3n) is 11.0. The van der Waals surface area contributed by atoms with E-state index in [4.69, 9.17) is 19.4 Å². The lowest BCUT2D eigenvalue weighted by Gasteiger charge is -2.13. The Hall–Kier alpha value is -7.69. The van der Waals surface area contributed by atoms with Crippen molar-refractivity contribution in [2.24, 2.45) is 0 Å². The number of fused-ring (bicyclic) bond motifs is 6. The van der Waals surface area contributed by atoms with Crippen LogP contribution in [0.4, 0.5) is 0 Å². The van der Waals surface area contributed by atoms with Gasteiger partial charge in [0.2, 0.25) is 0 Å². The van der Waals surface area contributed by atoms with E-state index in [0.29, 0.717) is 17.5 Å². The summed E-state index contributed by atoms with van der Waals surface area (Å²) in [6.07, 6.45) is 0. The summed E-state index contributed by atoms with van der Waals surface area (Å²) in [5, 5.41) is 6.56. The van der Waals surface area contributed by atoms with E-state index in [1.165, 1.54) is 16.5 Å². The fraction of sp³-hybridized carbons (Fsp3) is 0. The minimum atomic E-state index is 0.585. The van der Waals surface area contributed by atoms with Gasteiger partial charge in [0.05, 0.1) is 0 Å². The van der Waals surface area contributed by atoms with Crippen LogP contribution in [0.2, 0.25) is 0 Å². The highest BCUT2D eigenvalue weighted by Gasteiger charge is 2.22. The normalized spacial score (nSPS) is 11.5. The zero-order chi connectivity index (χ0) is 37.7. The van der Waals surface area contributed by atoms with E-state index in [0.717, 1.165) is 77.0 Å². The lowest BCUT2D eigenvalue weighted by atomic mass is 9.96. The van der Waals surface area contributed by atoms with E-state index in [-0.39, 0.29) is 0 Å². The molecule has 0 fully saturated rings. The van der Waals surface area contributed by atoms with Crippen LogP contribution in [-0.2, 0) is 0 Å². The fourth-order valence-electron chi connectivity index (χ4n) is 8.14. The molecular formula is C53H33N3O. The molecule has 2 aromatic heterocycles. The highest BCUT2D eigenvalue weighted by Crippen LogP contribution is 2.42. The van der Waals surface area contributed by atoms with Crippen LogP contribution in [0, 0.1) is 0 Å². The lowest BCUT2D eigenvalue weighted by molar-refractivity contribution is 0.670. The Kier molecular flexibility index (Phi) is 7.78. The summed E-state index contributed by atoms with van der Waals surface area (Å²) in [7, 11) is 0. The molecule has 9 aromatic carbocycles. The molecule has 57 heavy (non-hydrogen) atoms. The van der Waals surface area contributed by atoms with Crippen molar-refractivity contribution < 1.29 is 4.42 Å². The summed E-state index contributed by atoms with van der Waals surface area (Å²) in [5.41, 5.74) is 11.1. The van der Waals surface area contributed by atoms with E-state index in [1.54, 1.807) is 0 Å². The van der Waals surface area contributed by atoms with Crippen LogP contribution in [0.25, 0.3) is 111 Å². The standard InChI is InChI=1S/C53H33N3O/c1-3-13-34(14-4-1)36-23-27-38(28-24-36)42-31-32-46(49-45-21-11-12-22-48(45)57-50(42)49)52-54-51(39-29-25-37(26-30-39)35-15-5-2-6-16-35)55-53(56-52)47-33-40-17-7-8-18-41(40)43-19-9-10-20-44(43)47/h1-33H. The highest BCUT2D eigenvalue weighted by atomic mass is 16.3. The maximum Gasteiger partial charge on any atom is 0.164 e. The average Bonchev–Trinajstić information content (AvgIpc) is 3.69. The minimum absolute atomic E-state index is 0.585. The number of rotatable bonds is 6. The molecule has 0 aliphatic rings. The van der Waals surface area contributed by atoms with Crippen LogP contribution >= 0.6 is 0 Å². The van der Waals surface area contributed by atoms with Crippen LogP contribution in [-0.4, -0.2) is 15.0 Å². The van der Waals surface area contributed by atoms with Crippen molar-refractivity contribution >= 4 is 43.5 Å². The summed E-state index contributed by atoms with van der Waals surface area (Å²) in [6.45, 7) is 0. The largest absolute Gasteiger partial charge is 0.455 e. The Labute approximate surface area is 329 Å². The molecule has 0 unspecified atom stereocenters. The second-order valence-electron chi connectivity index (χ2n) is 14.3. The van der Waals surface area contributed by atoms with Crippen molar-refractivity contribution in [3.8, 4) is 67.5 Å². The SMILES string of the molecule is c1ccc(-c2ccc(-c3nc(-c4cc5ccccc5c5ccccc45)nc(-c4ccc(-c5ccc(-c6ccccc6)cc5)c5oc6ccccc6c45)n3)cc2)cc1. The third-order valence-corrected chi connectivity index (χ3v) is 11.0. The number of aromatic nitrogens is 3. The van der Waals surface area contributed by atoms with Gasteiger partial charge in [0.1, 0.15) is 11.2 Å². The molecule has 0 aliphatic carbocycles. The topological polar surface area (TPSA) is 51.8 Å². The number of furan rings is 1. The van der Waals surface area contributed by atoms with Gasteiger partial charge >= 0.3 is 0 Å². The molecule has 0 saturated heterocycles. The molecule has 0 radical (unpaired) electrons. The fourth-order valence-corrected chi connectivity index (χ4v) is 8.14. The van der Waals surface area contributed by atoms with Crippen molar-refractivity contribution in [1.29, 1.82) is 0 Å². The molecular weight excluding hydrogens is 695 g/mol. The van der Waals surface area contributed by atoms with Gasteiger partial charge < -0.3 is 4.42 Å². The van der Waals surface area contributed by atoms with Crippen LogP contribution in [0.5, 0.6) is 0 Å². The summed E-state index contributed by atoms with van der Waals surface area (Å²) in [6, 6.07) is 69.8. The van der Waals surface area contributed by atoms with Crippen molar-refractivity contribution in [2.45, 2.75) is 0 Å². The van der Waals surface area contributed by atoms with Crippen molar-refractivity contribution in [2.75, 3.05) is 0 Å². The summed E-state index contributed by atoms with van der Waals surface area (Å²) >= 11 is 0. The molecule has 0 amide bonds. The smallest absolute Gasteiger partial charge is 0.164 e. The molecule has 0 N–H and O–H groups in total. The molecule has 0 saturated carbocycles. The molecule has 4 heteroatoms. The van der Waals surface area contributed by atoms with Gasteiger partial charge in [-0.25, -0.2) is 15.0 Å². The van der Waals surface area contributed by atoms with Crippen LogP contribution in [0.3, 0.4) is 0 Å². The first-order valence-corrected chi connectivity index (χ1v) is 19.2. The first-order valence-electron chi connectivity index (χ1n) is 19.2. The first-order chi connectivity index (χ1) is 28.2. The quantitative estimate of drug-likeness (QED) is 0.160. The minimum Gasteiger partial charge on any atom is -0.455 e. The maximum absolute atomic E-state index is 6.73. The van der Waals surface area contributed by atoms with Crippen molar-refractivity contribution in [3.05, 3.63) is 200 Å². The van der Waals surface area contributed by atoms with Crippen molar-refractivity contribution in [3.63, 3.8) is 0 Å². The highest BCUT2D eigenvalue weighted by molar-refractivity contribution is 6.16. The van der Waals surface area contributed by atoms with E-state index in [1.807, 2.05) is 24.3 Å². The number of hydrogen-bond donors (Lipinski definition) is 0. The Balaban J connectivity index is 1.14. The second kappa shape index (κ2) is 13.6. The van der Waals surface area contributed by atoms with Gasteiger partial charge in [-0.2, -0.15) is 0 Å². The second-order valence-corrected chi connectivity index (χ2v) is 14.3. The van der Waals surface area contributed by atoms with Gasteiger partial charge in [-0.05, 0) is 73.6 Å². The molecule has 266 valence electrons. The van der Waals surface area contributed by atoms with E-state index in [9.17, 15) is 0 Å². The van der Waals surface area contributed by atoms with Gasteiger partial charge in [-0.3, -0.25) is 0 Å². The zero-order valence-electron chi connectivity index (χ0n) is 30.8. The summed E-state index contributed by atoms with van der Waals surface area (Å²) in [4.78, 5) is 15.8. The molecule has 11 aromatic rings. The van der Waals surface area contributed by atoms with Gasteiger partial charge in [-0.15, -0.1) is 0 Å². The number of hydrogen-bond acceptors (Lipinski definition) is 4. The molecule has 0 bridgehead atoms. The number of para-hydroxylation sites is 1. The van der Waals surface area contributed by atoms with E-state index >= 15 is 0 Å². The molecule has 4 nitrogen and oxygen atoms in total. The number of nitrogens with zero attached hydrogens (tertiary/aromatic N) is 3. The van der Waals surface area contributed by atoms with Crippen LogP contribution in [0.15, 0.2) is 205 Å². The first kappa shape index (κ1) is 32.7. The molecule has 0 spiro atoms. The van der Waals surface area contributed by atoms with Crippen molar-refractivity contribution in [1.82, 2.24) is 15.0 Å². The zero-order valence-corrected chi connectivity index (χ0v) is 30.8. The average molecular weight is 728 g/mol. The van der Waals surface area contributed by atoms with E-state index < -0.39 is 0 Å². The summed E-state index contributed by atoms with van der Waals surface area (Å²) in [5.74, 6) is 1.81. The Morgan fingerprint density at radius 3 is 1.46 bits per heavy atom. The number of benzene rings is 9. The molecule has 11 rings (SSSR count). The molecule has 0 atom stereocenters. The molecule has 0 aliphatic heterocycles. The lowest BCUT2D eigenvalue weighted by Crippen LogP contribution is -2.01. The van der Waals surface area contributed by atoms with Gasteiger partial charge in [0.25, 0.3) is 0 Å². The predicted octanol–water partition coefficient (Wildman–Crippen LogP) is 14.1. The summed E-state index contributed by atoms with van der Waals surface area (Å²) < 4.78 is 6.73. The Morgan fingerprint density at radius 2 is 0.772 bits per heavy atom. The van der Waals surface area contributed by atoms with Crippen LogP contribution in [0.1, 0.15) is 0 Å². The Morgan fingerprint density at radius 1 is 0.298 bits per heavy atom. The predicted molar refractivity (Wildman–Crippen MR) is 235 cm³/mol. The van der Waals surface area contributed by atoms with Crippen LogP contribution < -0.4 is 0 Å². The third kappa shape index (κ3) is 5.74. The van der Waals surface area contributed by atoms with Gasteiger partial charge in [0, 0.05) is 33.0 Å².